The summed E-state index contributed by atoms with van der Waals surface area (Å²) in [6.07, 6.45) is -0.220. The molecule has 0 saturated carbocycles. The smallest absolute Gasteiger partial charge is 0.328 e. The van der Waals surface area contributed by atoms with Gasteiger partial charge in [-0.15, -0.1) is 0 Å². The van der Waals surface area contributed by atoms with E-state index >= 15 is 0 Å². The molecule has 1 aromatic carbocycles. The van der Waals surface area contributed by atoms with Crippen molar-refractivity contribution in [3.8, 4) is 11.5 Å². The van der Waals surface area contributed by atoms with Crippen molar-refractivity contribution in [1.29, 1.82) is 0 Å². The van der Waals surface area contributed by atoms with E-state index < -0.39 is 23.6 Å². The fourth-order valence-electron chi connectivity index (χ4n) is 2.62. The number of carbonyl (C=O) groups excluding carboxylic acids is 1. The molecule has 24 heavy (non-hydrogen) atoms. The van der Waals surface area contributed by atoms with Crippen molar-refractivity contribution >= 4 is 11.9 Å². The van der Waals surface area contributed by atoms with Crippen molar-refractivity contribution in [2.45, 2.75) is 33.0 Å². The van der Waals surface area contributed by atoms with Crippen LogP contribution in [0.2, 0.25) is 0 Å². The first kappa shape index (κ1) is 18.2. The first-order valence-corrected chi connectivity index (χ1v) is 7.85. The molecule has 0 atom stereocenters. The maximum Gasteiger partial charge on any atom is 0.328 e. The van der Waals surface area contributed by atoms with Gasteiger partial charge in [0, 0.05) is 11.6 Å². The van der Waals surface area contributed by atoms with E-state index in [2.05, 4.69) is 0 Å². The average Bonchev–Trinajstić information content (AvgIpc) is 3.10. The van der Waals surface area contributed by atoms with Crippen molar-refractivity contribution in [3.63, 3.8) is 0 Å². The predicted octanol–water partition coefficient (Wildman–Crippen LogP) is 2.54. The Morgan fingerprint density at radius 3 is 2.38 bits per heavy atom. The van der Waals surface area contributed by atoms with Crippen molar-refractivity contribution in [2.75, 3.05) is 20.3 Å². The molecule has 0 radical (unpaired) electrons. The van der Waals surface area contributed by atoms with E-state index in [1.165, 1.54) is 13.2 Å². The third-order valence-corrected chi connectivity index (χ3v) is 4.30. The van der Waals surface area contributed by atoms with E-state index in [1.54, 1.807) is 26.0 Å². The van der Waals surface area contributed by atoms with Crippen molar-refractivity contribution in [1.82, 2.24) is 0 Å². The summed E-state index contributed by atoms with van der Waals surface area (Å²) in [6, 6.07) is 4.77. The third kappa shape index (κ3) is 3.37. The van der Waals surface area contributed by atoms with E-state index in [0.29, 0.717) is 24.5 Å². The molecule has 1 saturated heterocycles. The molecule has 1 aliphatic rings. The number of benzene rings is 1. The van der Waals surface area contributed by atoms with Crippen molar-refractivity contribution in [3.05, 3.63) is 23.8 Å². The highest BCUT2D eigenvalue weighted by Gasteiger charge is 2.45. The van der Waals surface area contributed by atoms with Crippen LogP contribution in [-0.2, 0) is 19.1 Å². The van der Waals surface area contributed by atoms with Gasteiger partial charge in [0.15, 0.2) is 11.7 Å². The van der Waals surface area contributed by atoms with E-state index in [9.17, 15) is 14.7 Å². The van der Waals surface area contributed by atoms with Gasteiger partial charge < -0.3 is 24.1 Å². The molecule has 1 N–H and O–H groups in total. The Labute approximate surface area is 140 Å². The molecule has 1 aromatic rings. The van der Waals surface area contributed by atoms with Crippen LogP contribution < -0.4 is 9.47 Å². The summed E-state index contributed by atoms with van der Waals surface area (Å²) in [4.78, 5) is 23.9. The first-order valence-electron chi connectivity index (χ1n) is 7.85. The number of rotatable bonds is 7. The monoisotopic (exact) mass is 338 g/mol. The van der Waals surface area contributed by atoms with Gasteiger partial charge in [0.1, 0.15) is 11.5 Å². The molecule has 7 heteroatoms. The molecule has 1 heterocycles. The fourth-order valence-corrected chi connectivity index (χ4v) is 2.62. The first-order chi connectivity index (χ1) is 11.5. The highest BCUT2D eigenvalue weighted by atomic mass is 16.7. The van der Waals surface area contributed by atoms with Gasteiger partial charge in [0.05, 0.1) is 20.3 Å². The quantitative estimate of drug-likeness (QED) is 0.464. The topological polar surface area (TPSA) is 91.3 Å². The molecular weight excluding hydrogens is 316 g/mol. The number of hydrogen-bond donors (Lipinski definition) is 1. The van der Waals surface area contributed by atoms with Crippen LogP contribution in [0.4, 0.5) is 0 Å². The fraction of sp³-hybridized carbons (Fsp3) is 0.529. The zero-order valence-corrected chi connectivity index (χ0v) is 14.0. The summed E-state index contributed by atoms with van der Waals surface area (Å²) in [5, 5.41) is 9.40. The highest BCUT2D eigenvalue weighted by molar-refractivity contribution is 5.99. The Kier molecular flexibility index (Phi) is 5.80. The maximum absolute atomic E-state index is 12.4. The highest BCUT2D eigenvalue weighted by Crippen LogP contribution is 2.35. The zero-order chi connectivity index (χ0) is 17.7. The van der Waals surface area contributed by atoms with Gasteiger partial charge in [-0.3, -0.25) is 9.59 Å². The van der Waals surface area contributed by atoms with Gasteiger partial charge in [-0.2, -0.15) is 0 Å². The van der Waals surface area contributed by atoms with Gasteiger partial charge in [-0.05, 0) is 25.0 Å². The lowest BCUT2D eigenvalue weighted by atomic mass is 9.82. The maximum atomic E-state index is 12.4. The predicted molar refractivity (Wildman–Crippen MR) is 83.9 cm³/mol. The van der Waals surface area contributed by atoms with Crippen LogP contribution in [0.3, 0.4) is 0 Å². The van der Waals surface area contributed by atoms with Crippen molar-refractivity contribution in [2.24, 2.45) is 5.41 Å². The summed E-state index contributed by atoms with van der Waals surface area (Å²) in [5.74, 6) is -1.32. The molecular formula is C17H22O7. The van der Waals surface area contributed by atoms with E-state index in [0.717, 1.165) is 0 Å². The zero-order valence-electron chi connectivity index (χ0n) is 14.0. The Morgan fingerprint density at radius 1 is 1.25 bits per heavy atom. The minimum atomic E-state index is -1.55. The molecule has 1 aliphatic heterocycles. The normalized spacial score (nSPS) is 15.3. The van der Waals surface area contributed by atoms with Gasteiger partial charge in [-0.25, -0.2) is 0 Å². The second-order valence-corrected chi connectivity index (χ2v) is 5.46. The van der Waals surface area contributed by atoms with Crippen LogP contribution in [0.15, 0.2) is 18.2 Å². The summed E-state index contributed by atoms with van der Waals surface area (Å²) in [7, 11) is 1.49. The van der Waals surface area contributed by atoms with Crippen LogP contribution >= 0.6 is 0 Å². The van der Waals surface area contributed by atoms with Gasteiger partial charge in [0.25, 0.3) is 0 Å². The summed E-state index contributed by atoms with van der Waals surface area (Å²) in [5.41, 5.74) is -0.867. The molecule has 0 unspecified atom stereocenters. The Balaban J connectivity index is 2.23. The lowest BCUT2D eigenvalue weighted by molar-refractivity contribution is -0.163. The molecule has 0 aromatic heterocycles. The van der Waals surface area contributed by atoms with Gasteiger partial charge >= 0.3 is 11.9 Å². The second kappa shape index (κ2) is 7.63. The molecule has 0 amide bonds. The number of methoxy groups -OCH3 is 1. The number of aliphatic carboxylic acids is 1. The van der Waals surface area contributed by atoms with Crippen LogP contribution in [0.5, 0.6) is 11.5 Å². The van der Waals surface area contributed by atoms with Crippen molar-refractivity contribution < 1.29 is 33.6 Å². The SMILES string of the molecule is CCC(CC)(C(=O)O)C(=O)Oc1ccc(C2OCCO2)c(OC)c1. The van der Waals surface area contributed by atoms with Crippen LogP contribution in [0.1, 0.15) is 38.5 Å². The number of carboxylic acid groups (broad SMARTS) is 1. The van der Waals surface area contributed by atoms with E-state index in [-0.39, 0.29) is 18.6 Å². The molecule has 132 valence electrons. The number of carbonyl (C=O) groups is 2. The van der Waals surface area contributed by atoms with Crippen LogP contribution in [-0.4, -0.2) is 37.4 Å². The Hall–Kier alpha value is -2.12. The van der Waals surface area contributed by atoms with Gasteiger partial charge in [0.2, 0.25) is 0 Å². The molecule has 1 fully saturated rings. The number of carboxylic acids is 1. The summed E-state index contributed by atoms with van der Waals surface area (Å²) in [6.45, 7) is 4.30. The third-order valence-electron chi connectivity index (χ3n) is 4.30. The van der Waals surface area contributed by atoms with Crippen LogP contribution in [0, 0.1) is 5.41 Å². The Bertz CT molecular complexity index is 601. The second-order valence-electron chi connectivity index (χ2n) is 5.46. The largest absolute Gasteiger partial charge is 0.496 e. The number of hydrogen-bond acceptors (Lipinski definition) is 6. The molecule has 0 spiro atoms. The molecule has 7 nitrogen and oxygen atoms in total. The average molecular weight is 338 g/mol. The number of ether oxygens (including phenoxy) is 4. The molecule has 0 aliphatic carbocycles. The van der Waals surface area contributed by atoms with E-state index in [4.69, 9.17) is 18.9 Å². The van der Waals surface area contributed by atoms with Crippen LogP contribution in [0.25, 0.3) is 0 Å². The minimum Gasteiger partial charge on any atom is -0.496 e. The molecule has 0 bridgehead atoms. The molecule has 2 rings (SSSR count). The number of esters is 1. The summed E-state index contributed by atoms with van der Waals surface area (Å²) >= 11 is 0. The Morgan fingerprint density at radius 2 is 1.88 bits per heavy atom. The van der Waals surface area contributed by atoms with E-state index in [1.807, 2.05) is 0 Å². The standard InChI is InChI=1S/C17H22O7/c1-4-17(5-2,15(18)19)16(20)24-11-6-7-12(13(10-11)21-3)14-22-8-9-23-14/h6-7,10,14H,4-5,8-9H2,1-3H3,(H,18,19). The lowest BCUT2D eigenvalue weighted by Gasteiger charge is -2.24. The lowest BCUT2D eigenvalue weighted by Crippen LogP contribution is -2.41. The minimum absolute atomic E-state index is 0.149. The van der Waals surface area contributed by atoms with Gasteiger partial charge in [-0.1, -0.05) is 13.8 Å². The summed E-state index contributed by atoms with van der Waals surface area (Å²) < 4.78 is 21.5.